The Morgan fingerprint density at radius 1 is 1.11 bits per heavy atom. The van der Waals surface area contributed by atoms with E-state index in [1.54, 1.807) is 6.07 Å². The van der Waals surface area contributed by atoms with Crippen molar-refractivity contribution in [3.8, 4) is 0 Å². The molecule has 18 heavy (non-hydrogen) atoms. The number of hydrogen-bond donors (Lipinski definition) is 1. The van der Waals surface area contributed by atoms with Crippen LogP contribution in [0.25, 0.3) is 0 Å². The Hall–Kier alpha value is -1.61. The van der Waals surface area contributed by atoms with Crippen LogP contribution in [0.5, 0.6) is 0 Å². The van der Waals surface area contributed by atoms with Gasteiger partial charge in [0.2, 0.25) is 0 Å². The van der Waals surface area contributed by atoms with Gasteiger partial charge < -0.3 is 5.32 Å². The summed E-state index contributed by atoms with van der Waals surface area (Å²) in [5, 5.41) is 2.93. The Kier molecular flexibility index (Phi) is 4.15. The number of hydrogen-bond acceptors (Lipinski definition) is 1. The van der Waals surface area contributed by atoms with Crippen LogP contribution in [-0.4, -0.2) is 5.91 Å². The molecule has 0 heterocycles. The molecular formula is C15H14BrNO. The van der Waals surface area contributed by atoms with E-state index in [1.807, 2.05) is 49.4 Å². The van der Waals surface area contributed by atoms with Crippen molar-refractivity contribution >= 4 is 21.8 Å². The molecule has 1 amide bonds. The molecule has 2 rings (SSSR count). The van der Waals surface area contributed by atoms with Crippen LogP contribution in [0.3, 0.4) is 0 Å². The number of benzene rings is 2. The Bertz CT molecular complexity index is 566. The molecule has 0 atom stereocenters. The van der Waals surface area contributed by atoms with Gasteiger partial charge >= 0.3 is 0 Å². The molecule has 0 aromatic heterocycles. The number of carbonyl (C=O) groups excluding carboxylic acids is 1. The van der Waals surface area contributed by atoms with Gasteiger partial charge in [0, 0.05) is 11.0 Å². The number of amides is 1. The van der Waals surface area contributed by atoms with E-state index >= 15 is 0 Å². The summed E-state index contributed by atoms with van der Waals surface area (Å²) in [6, 6.07) is 15.5. The smallest absolute Gasteiger partial charge is 0.252 e. The molecule has 0 fully saturated rings. The average molecular weight is 304 g/mol. The summed E-state index contributed by atoms with van der Waals surface area (Å²) >= 11 is 3.38. The number of nitrogens with one attached hydrogen (secondary N) is 1. The van der Waals surface area contributed by atoms with Crippen molar-refractivity contribution in [2.24, 2.45) is 0 Å². The van der Waals surface area contributed by atoms with Crippen molar-refractivity contribution in [3.63, 3.8) is 0 Å². The highest BCUT2D eigenvalue weighted by Gasteiger charge is 2.08. The van der Waals surface area contributed by atoms with E-state index in [0.717, 1.165) is 10.0 Å². The molecule has 0 saturated carbocycles. The standard InChI is InChI=1S/C15H14BrNO/c1-11-6-2-3-7-12(11)10-17-15(18)13-8-4-5-9-14(13)16/h2-9H,10H2,1H3,(H,17,18). The highest BCUT2D eigenvalue weighted by Crippen LogP contribution is 2.16. The fraction of sp³-hybridized carbons (Fsp3) is 0.133. The Balaban J connectivity index is 2.06. The molecule has 0 aliphatic heterocycles. The molecule has 92 valence electrons. The first-order chi connectivity index (χ1) is 8.68. The van der Waals surface area contributed by atoms with E-state index in [4.69, 9.17) is 0 Å². The van der Waals surface area contributed by atoms with Gasteiger partial charge in [-0.25, -0.2) is 0 Å². The molecule has 0 unspecified atom stereocenters. The molecule has 1 N–H and O–H groups in total. The van der Waals surface area contributed by atoms with Crippen LogP contribution in [-0.2, 0) is 6.54 Å². The van der Waals surface area contributed by atoms with Crippen LogP contribution in [0.4, 0.5) is 0 Å². The summed E-state index contributed by atoms with van der Waals surface area (Å²) < 4.78 is 0.812. The van der Waals surface area contributed by atoms with Crippen LogP contribution >= 0.6 is 15.9 Å². The number of halogens is 1. The minimum absolute atomic E-state index is 0.0641. The van der Waals surface area contributed by atoms with Crippen molar-refractivity contribution in [1.29, 1.82) is 0 Å². The lowest BCUT2D eigenvalue weighted by Gasteiger charge is -2.08. The number of rotatable bonds is 3. The van der Waals surface area contributed by atoms with Crippen molar-refractivity contribution < 1.29 is 4.79 Å². The molecule has 0 saturated heterocycles. The van der Waals surface area contributed by atoms with Crippen molar-refractivity contribution in [2.75, 3.05) is 0 Å². The van der Waals surface area contributed by atoms with Crippen molar-refractivity contribution in [3.05, 3.63) is 69.7 Å². The van der Waals surface area contributed by atoms with Crippen LogP contribution < -0.4 is 5.32 Å². The molecule has 0 radical (unpaired) electrons. The van der Waals surface area contributed by atoms with Crippen LogP contribution in [0.15, 0.2) is 53.0 Å². The topological polar surface area (TPSA) is 29.1 Å². The molecule has 0 spiro atoms. The Morgan fingerprint density at radius 2 is 1.78 bits per heavy atom. The van der Waals surface area contributed by atoms with Gasteiger partial charge in [0.25, 0.3) is 5.91 Å². The maximum atomic E-state index is 12.0. The third-order valence-corrected chi connectivity index (χ3v) is 3.51. The van der Waals surface area contributed by atoms with Crippen molar-refractivity contribution in [1.82, 2.24) is 5.32 Å². The first-order valence-corrected chi connectivity index (χ1v) is 6.55. The highest BCUT2D eigenvalue weighted by atomic mass is 79.9. The fourth-order valence-electron chi connectivity index (χ4n) is 1.72. The Morgan fingerprint density at radius 3 is 2.50 bits per heavy atom. The van der Waals surface area contributed by atoms with Crippen LogP contribution in [0.2, 0.25) is 0 Å². The first-order valence-electron chi connectivity index (χ1n) is 5.75. The molecular weight excluding hydrogens is 290 g/mol. The second-order valence-corrected chi connectivity index (χ2v) is 4.94. The predicted octanol–water partition coefficient (Wildman–Crippen LogP) is 3.69. The van der Waals surface area contributed by atoms with E-state index in [2.05, 4.69) is 21.2 Å². The summed E-state index contributed by atoms with van der Waals surface area (Å²) in [6.07, 6.45) is 0. The average Bonchev–Trinajstić information content (AvgIpc) is 2.38. The third-order valence-electron chi connectivity index (χ3n) is 2.82. The fourth-order valence-corrected chi connectivity index (χ4v) is 2.19. The van der Waals surface area contributed by atoms with Gasteiger partial charge in [-0.05, 0) is 46.1 Å². The summed E-state index contributed by atoms with van der Waals surface area (Å²) in [7, 11) is 0. The van der Waals surface area contributed by atoms with Crippen molar-refractivity contribution in [2.45, 2.75) is 13.5 Å². The quantitative estimate of drug-likeness (QED) is 0.920. The number of carbonyl (C=O) groups is 1. The van der Waals surface area contributed by atoms with Gasteiger partial charge in [0.05, 0.1) is 5.56 Å². The van der Waals surface area contributed by atoms with E-state index < -0.39 is 0 Å². The largest absolute Gasteiger partial charge is 0.348 e. The van der Waals surface area contributed by atoms with E-state index in [-0.39, 0.29) is 5.91 Å². The van der Waals surface area contributed by atoms with E-state index in [1.165, 1.54) is 5.56 Å². The lowest BCUT2D eigenvalue weighted by molar-refractivity contribution is 0.0950. The summed E-state index contributed by atoms with van der Waals surface area (Å²) in [4.78, 5) is 12.0. The Labute approximate surface area is 115 Å². The second-order valence-electron chi connectivity index (χ2n) is 4.09. The van der Waals surface area contributed by atoms with E-state index in [9.17, 15) is 4.79 Å². The van der Waals surface area contributed by atoms with Gasteiger partial charge in [-0.2, -0.15) is 0 Å². The summed E-state index contributed by atoms with van der Waals surface area (Å²) in [6.45, 7) is 2.59. The minimum atomic E-state index is -0.0641. The lowest BCUT2D eigenvalue weighted by atomic mass is 10.1. The summed E-state index contributed by atoms with van der Waals surface area (Å²) in [5.74, 6) is -0.0641. The zero-order chi connectivity index (χ0) is 13.0. The molecule has 2 nitrogen and oxygen atoms in total. The van der Waals surface area contributed by atoms with Gasteiger partial charge in [0.15, 0.2) is 0 Å². The normalized spacial score (nSPS) is 10.1. The summed E-state index contributed by atoms with van der Waals surface area (Å²) in [5.41, 5.74) is 2.98. The highest BCUT2D eigenvalue weighted by molar-refractivity contribution is 9.10. The molecule has 0 aliphatic rings. The van der Waals surface area contributed by atoms with Crippen LogP contribution in [0.1, 0.15) is 21.5 Å². The number of aryl methyl sites for hydroxylation is 1. The molecule has 2 aromatic carbocycles. The lowest BCUT2D eigenvalue weighted by Crippen LogP contribution is -2.23. The van der Waals surface area contributed by atoms with Gasteiger partial charge in [-0.3, -0.25) is 4.79 Å². The molecule has 0 aliphatic carbocycles. The first kappa shape index (κ1) is 12.8. The monoisotopic (exact) mass is 303 g/mol. The predicted molar refractivity (Wildman–Crippen MR) is 76.5 cm³/mol. The van der Waals surface area contributed by atoms with Gasteiger partial charge in [0.1, 0.15) is 0 Å². The van der Waals surface area contributed by atoms with E-state index in [0.29, 0.717) is 12.1 Å². The zero-order valence-electron chi connectivity index (χ0n) is 10.1. The maximum absolute atomic E-state index is 12.0. The zero-order valence-corrected chi connectivity index (χ0v) is 11.7. The van der Waals surface area contributed by atoms with Gasteiger partial charge in [-0.1, -0.05) is 36.4 Å². The van der Waals surface area contributed by atoms with Crippen LogP contribution in [0, 0.1) is 6.92 Å². The third kappa shape index (κ3) is 2.99. The SMILES string of the molecule is Cc1ccccc1CNC(=O)c1ccccc1Br. The van der Waals surface area contributed by atoms with Gasteiger partial charge in [-0.15, -0.1) is 0 Å². The molecule has 0 bridgehead atoms. The maximum Gasteiger partial charge on any atom is 0.252 e. The minimum Gasteiger partial charge on any atom is -0.348 e. The molecule has 3 heteroatoms. The second kappa shape index (κ2) is 5.83. The molecule has 2 aromatic rings.